The normalized spacial score (nSPS) is 14.3. The van der Waals surface area contributed by atoms with Crippen molar-refractivity contribution in [2.75, 3.05) is 32.1 Å². The maximum absolute atomic E-state index is 14.8. The van der Waals surface area contributed by atoms with Gasteiger partial charge in [-0.2, -0.15) is 0 Å². The molecule has 0 aliphatic carbocycles. The Hall–Kier alpha value is -3.19. The van der Waals surface area contributed by atoms with Gasteiger partial charge in [-0.05, 0) is 44.5 Å². The molecule has 0 bridgehead atoms. The minimum atomic E-state index is -0.714. The number of nitrogens with zero attached hydrogens (tertiary/aromatic N) is 3. The Kier molecular flexibility index (Phi) is 6.99. The average molecular weight is 500 g/mol. The molecule has 1 aliphatic heterocycles. The van der Waals surface area contributed by atoms with Crippen molar-refractivity contribution in [3.8, 4) is 16.9 Å². The minimum absolute atomic E-state index is 0.0277. The van der Waals surface area contributed by atoms with E-state index in [2.05, 4.69) is 0 Å². The lowest BCUT2D eigenvalue weighted by Gasteiger charge is -2.38. The van der Waals surface area contributed by atoms with Crippen molar-refractivity contribution < 1.29 is 18.4 Å². The van der Waals surface area contributed by atoms with E-state index in [-0.39, 0.29) is 23.4 Å². The molecule has 0 atom stereocenters. The Morgan fingerprint density at radius 3 is 2.17 bits per heavy atom. The third-order valence-electron chi connectivity index (χ3n) is 6.46. The summed E-state index contributed by atoms with van der Waals surface area (Å²) in [4.78, 5) is 29.7. The number of aromatic nitrogens is 1. The van der Waals surface area contributed by atoms with Crippen molar-refractivity contribution in [2.45, 2.75) is 20.8 Å². The second-order valence-corrected chi connectivity index (χ2v) is 9.70. The number of hydrogen-bond donors (Lipinski definition) is 0. The van der Waals surface area contributed by atoms with Gasteiger partial charge in [0, 0.05) is 43.8 Å². The van der Waals surface area contributed by atoms with Gasteiger partial charge in [0.05, 0.1) is 22.4 Å². The fraction of sp³-hybridized carbons (Fsp3) is 0.333. The van der Waals surface area contributed by atoms with Crippen LogP contribution < -0.4 is 0 Å². The van der Waals surface area contributed by atoms with Crippen LogP contribution in [0.4, 0.5) is 8.78 Å². The van der Waals surface area contributed by atoms with Gasteiger partial charge in [-0.25, -0.2) is 8.78 Å². The molecule has 4 rings (SSSR count). The van der Waals surface area contributed by atoms with Crippen molar-refractivity contribution in [3.05, 3.63) is 77.5 Å². The highest BCUT2D eigenvalue weighted by Crippen LogP contribution is 2.32. The molecule has 5 nitrogen and oxygen atoms in total. The molecule has 0 N–H and O–H groups in total. The van der Waals surface area contributed by atoms with E-state index in [1.54, 1.807) is 27.4 Å². The first-order valence-corrected chi connectivity index (χ1v) is 12.1. The number of hydrogen-bond acceptors (Lipinski definition) is 2. The van der Waals surface area contributed by atoms with Crippen LogP contribution >= 0.6 is 11.6 Å². The molecule has 1 aliphatic rings. The lowest BCUT2D eigenvalue weighted by atomic mass is 9.94. The first kappa shape index (κ1) is 24.9. The predicted octanol–water partition coefficient (Wildman–Crippen LogP) is 5.28. The molecule has 2 heterocycles. The quantitative estimate of drug-likeness (QED) is 0.448. The van der Waals surface area contributed by atoms with Gasteiger partial charge in [-0.1, -0.05) is 30.3 Å². The summed E-state index contributed by atoms with van der Waals surface area (Å²) in [5, 5.41) is 0. The van der Waals surface area contributed by atoms with Crippen LogP contribution in [0, 0.1) is 24.0 Å². The smallest absolute Gasteiger partial charge is 0.255 e. The predicted molar refractivity (Wildman–Crippen MR) is 133 cm³/mol. The van der Waals surface area contributed by atoms with Crippen LogP contribution in [-0.4, -0.2) is 58.2 Å². The number of rotatable bonds is 5. The number of carbonyl (C=O) groups excluding carboxylic acids is 2. The van der Waals surface area contributed by atoms with Gasteiger partial charge in [0.15, 0.2) is 0 Å². The van der Waals surface area contributed by atoms with E-state index in [1.807, 2.05) is 44.2 Å². The van der Waals surface area contributed by atoms with E-state index in [4.69, 9.17) is 11.6 Å². The van der Waals surface area contributed by atoms with Crippen LogP contribution in [0.15, 0.2) is 54.6 Å². The zero-order valence-corrected chi connectivity index (χ0v) is 20.8. The van der Waals surface area contributed by atoms with Gasteiger partial charge >= 0.3 is 0 Å². The van der Waals surface area contributed by atoms with Crippen molar-refractivity contribution >= 4 is 23.4 Å². The summed E-state index contributed by atoms with van der Waals surface area (Å²) in [6.07, 6.45) is 0. The summed E-state index contributed by atoms with van der Waals surface area (Å²) < 4.78 is 30.1. The molecule has 2 amide bonds. The second kappa shape index (κ2) is 9.82. The Morgan fingerprint density at radius 2 is 1.57 bits per heavy atom. The third-order valence-corrected chi connectivity index (χ3v) is 7.13. The largest absolute Gasteiger partial charge is 0.339 e. The molecule has 0 saturated carbocycles. The molecule has 0 spiro atoms. The molecule has 1 fully saturated rings. The van der Waals surface area contributed by atoms with E-state index in [0.29, 0.717) is 43.1 Å². The number of benzene rings is 2. The van der Waals surface area contributed by atoms with E-state index in [9.17, 15) is 18.4 Å². The summed E-state index contributed by atoms with van der Waals surface area (Å²) in [6.45, 7) is 6.99. The van der Waals surface area contributed by atoms with E-state index >= 15 is 0 Å². The van der Waals surface area contributed by atoms with E-state index < -0.39 is 17.0 Å². The van der Waals surface area contributed by atoms with Gasteiger partial charge in [-0.3, -0.25) is 9.59 Å². The fourth-order valence-corrected chi connectivity index (χ4v) is 4.50. The Balaban J connectivity index is 1.66. The summed E-state index contributed by atoms with van der Waals surface area (Å²) >= 11 is 5.96. The SMILES string of the molecule is Cc1c(C(=O)N2CCN(C(=O)C(C)(C)CCl)CC2)cc(-c2ccccc2)n1-c1ccc(F)cc1F. The monoisotopic (exact) mass is 499 g/mol. The van der Waals surface area contributed by atoms with Crippen LogP contribution in [0.25, 0.3) is 16.9 Å². The zero-order chi connectivity index (χ0) is 25.3. The van der Waals surface area contributed by atoms with Crippen molar-refractivity contribution in [1.29, 1.82) is 0 Å². The first-order valence-electron chi connectivity index (χ1n) is 11.5. The maximum atomic E-state index is 14.8. The van der Waals surface area contributed by atoms with Crippen LogP contribution in [0.1, 0.15) is 29.9 Å². The topological polar surface area (TPSA) is 45.6 Å². The van der Waals surface area contributed by atoms with E-state index in [0.717, 1.165) is 11.6 Å². The Labute approximate surface area is 208 Å². The highest BCUT2D eigenvalue weighted by atomic mass is 35.5. The molecule has 184 valence electrons. The first-order chi connectivity index (χ1) is 16.6. The molecule has 1 aromatic heterocycles. The lowest BCUT2D eigenvalue weighted by molar-refractivity contribution is -0.140. The number of halogens is 3. The second-order valence-electron chi connectivity index (χ2n) is 9.43. The number of carbonyl (C=O) groups is 2. The van der Waals surface area contributed by atoms with Gasteiger partial charge in [0.1, 0.15) is 11.6 Å². The van der Waals surface area contributed by atoms with E-state index in [1.165, 1.54) is 12.1 Å². The molecule has 8 heteroatoms. The molecular formula is C27H28ClF2N3O2. The number of piperazine rings is 1. The standard InChI is InChI=1S/C27H28ClF2N3O2/c1-18-21(25(34)31-11-13-32(14-12-31)26(35)27(2,3)17-28)16-24(19-7-5-4-6-8-19)33(18)23-10-9-20(29)15-22(23)30/h4-10,15-16H,11-14,17H2,1-3H3. The molecule has 2 aromatic carbocycles. The molecule has 0 unspecified atom stereocenters. The summed E-state index contributed by atoms with van der Waals surface area (Å²) in [5.41, 5.74) is 1.94. The molecule has 1 saturated heterocycles. The summed E-state index contributed by atoms with van der Waals surface area (Å²) in [7, 11) is 0. The maximum Gasteiger partial charge on any atom is 0.255 e. The molecule has 35 heavy (non-hydrogen) atoms. The minimum Gasteiger partial charge on any atom is -0.339 e. The van der Waals surface area contributed by atoms with Crippen molar-refractivity contribution in [3.63, 3.8) is 0 Å². The van der Waals surface area contributed by atoms with Gasteiger partial charge in [0.2, 0.25) is 5.91 Å². The van der Waals surface area contributed by atoms with Crippen molar-refractivity contribution in [1.82, 2.24) is 14.4 Å². The van der Waals surface area contributed by atoms with Crippen molar-refractivity contribution in [2.24, 2.45) is 5.41 Å². The highest BCUT2D eigenvalue weighted by molar-refractivity contribution is 6.19. The third kappa shape index (κ3) is 4.82. The number of amides is 2. The van der Waals surface area contributed by atoms with Gasteiger partial charge in [-0.15, -0.1) is 11.6 Å². The Morgan fingerprint density at radius 1 is 0.943 bits per heavy atom. The lowest BCUT2D eigenvalue weighted by Crippen LogP contribution is -2.53. The Bertz CT molecular complexity index is 1250. The molecule has 0 radical (unpaired) electrons. The zero-order valence-electron chi connectivity index (χ0n) is 20.0. The number of alkyl halides is 1. The van der Waals surface area contributed by atoms with Crippen LogP contribution in [0.2, 0.25) is 0 Å². The average Bonchev–Trinajstić information content (AvgIpc) is 3.20. The van der Waals surface area contributed by atoms with Crippen LogP contribution in [0.3, 0.4) is 0 Å². The summed E-state index contributed by atoms with van der Waals surface area (Å²) in [5.74, 6) is -1.38. The molecular weight excluding hydrogens is 472 g/mol. The highest BCUT2D eigenvalue weighted by Gasteiger charge is 2.34. The van der Waals surface area contributed by atoms with Gasteiger partial charge in [0.25, 0.3) is 5.91 Å². The molecule has 3 aromatic rings. The van der Waals surface area contributed by atoms with Crippen LogP contribution in [-0.2, 0) is 4.79 Å². The fourth-order valence-electron chi connectivity index (χ4n) is 4.39. The van der Waals surface area contributed by atoms with Gasteiger partial charge < -0.3 is 14.4 Å². The summed E-state index contributed by atoms with van der Waals surface area (Å²) in [6, 6.07) is 14.5. The van der Waals surface area contributed by atoms with Crippen LogP contribution in [0.5, 0.6) is 0 Å².